The molecule has 1 saturated heterocycles. The standard InChI is InChI=1S/C30H36ClN5O6S/c1-22(37)41-16-11-32-25-7-3-5-23(17-25)20-43(39,40)35-14-12-34(13-15-35)27-19-33-36(26-8-4-6-24(31)18-26)29(38)28(27)42-21-30(2)9-10-30/h3-8,17-19,32H,9-16,20-21H2,1-2H3. The van der Waals surface area contributed by atoms with Crippen molar-refractivity contribution in [1.29, 1.82) is 0 Å². The van der Waals surface area contributed by atoms with Crippen LogP contribution >= 0.6 is 11.6 Å². The molecule has 2 aliphatic rings. The molecule has 5 rings (SSSR count). The van der Waals surface area contributed by atoms with Crippen molar-refractivity contribution in [1.82, 2.24) is 14.1 Å². The van der Waals surface area contributed by atoms with E-state index in [4.69, 9.17) is 21.1 Å². The fourth-order valence-electron chi connectivity index (χ4n) is 4.86. The summed E-state index contributed by atoms with van der Waals surface area (Å²) in [5.74, 6) is -0.287. The molecule has 1 aliphatic heterocycles. The largest absolute Gasteiger partial charge is 0.486 e. The summed E-state index contributed by atoms with van der Waals surface area (Å²) in [5.41, 5.74) is 2.15. The fourth-order valence-corrected chi connectivity index (χ4v) is 6.54. The summed E-state index contributed by atoms with van der Waals surface area (Å²) in [7, 11) is -3.60. The maximum atomic E-state index is 13.6. The Labute approximate surface area is 256 Å². The zero-order valence-electron chi connectivity index (χ0n) is 24.3. The van der Waals surface area contributed by atoms with Gasteiger partial charge in [0.25, 0.3) is 0 Å². The molecule has 1 N–H and O–H groups in total. The highest BCUT2D eigenvalue weighted by Crippen LogP contribution is 2.45. The molecule has 0 unspecified atom stereocenters. The number of nitrogens with zero attached hydrogens (tertiary/aromatic N) is 4. The van der Waals surface area contributed by atoms with Crippen LogP contribution in [0.15, 0.2) is 59.5 Å². The van der Waals surface area contributed by atoms with E-state index in [0.717, 1.165) is 18.5 Å². The van der Waals surface area contributed by atoms with E-state index < -0.39 is 10.0 Å². The number of piperazine rings is 1. The molecular formula is C30H36ClN5O6S. The molecule has 13 heteroatoms. The minimum Gasteiger partial charge on any atom is -0.486 e. The molecule has 3 aromatic rings. The van der Waals surface area contributed by atoms with Crippen molar-refractivity contribution < 1.29 is 22.7 Å². The SMILES string of the molecule is CC(=O)OCCNc1cccc(CS(=O)(=O)N2CCN(c3cnn(-c4cccc(Cl)c4)c(=O)c3OCC3(C)CC3)CC2)c1. The van der Waals surface area contributed by atoms with Crippen molar-refractivity contribution in [3.63, 3.8) is 0 Å². The summed E-state index contributed by atoms with van der Waals surface area (Å²) in [6, 6.07) is 14.1. The third-order valence-corrected chi connectivity index (χ3v) is 9.71. The third kappa shape index (κ3) is 7.87. The lowest BCUT2D eigenvalue weighted by molar-refractivity contribution is -0.140. The van der Waals surface area contributed by atoms with Gasteiger partial charge in [-0.1, -0.05) is 36.7 Å². The number of ether oxygens (including phenoxy) is 2. The van der Waals surface area contributed by atoms with Crippen molar-refractivity contribution in [2.45, 2.75) is 32.4 Å². The number of aromatic nitrogens is 2. The van der Waals surface area contributed by atoms with Gasteiger partial charge in [0.1, 0.15) is 12.3 Å². The number of esters is 1. The zero-order valence-corrected chi connectivity index (χ0v) is 25.9. The number of anilines is 2. The number of carbonyl (C=O) groups is 1. The van der Waals surface area contributed by atoms with Gasteiger partial charge in [0, 0.05) is 55.8 Å². The second-order valence-electron chi connectivity index (χ2n) is 11.3. The molecule has 43 heavy (non-hydrogen) atoms. The van der Waals surface area contributed by atoms with Crippen molar-refractivity contribution >= 4 is 39.0 Å². The Morgan fingerprint density at radius 1 is 1.09 bits per heavy atom. The predicted molar refractivity (Wildman–Crippen MR) is 166 cm³/mol. The van der Waals surface area contributed by atoms with E-state index in [0.29, 0.717) is 48.2 Å². The van der Waals surface area contributed by atoms with E-state index in [2.05, 4.69) is 17.3 Å². The molecule has 1 aromatic heterocycles. The lowest BCUT2D eigenvalue weighted by Crippen LogP contribution is -2.49. The van der Waals surface area contributed by atoms with E-state index in [1.165, 1.54) is 15.9 Å². The number of rotatable bonds is 12. The predicted octanol–water partition coefficient (Wildman–Crippen LogP) is 3.69. The molecule has 2 heterocycles. The van der Waals surface area contributed by atoms with Crippen LogP contribution in [0.1, 0.15) is 32.3 Å². The highest BCUT2D eigenvalue weighted by molar-refractivity contribution is 7.88. The van der Waals surface area contributed by atoms with Crippen LogP contribution in [0.4, 0.5) is 11.4 Å². The Kier molecular flexibility index (Phi) is 9.28. The molecule has 0 amide bonds. The van der Waals surface area contributed by atoms with E-state index in [1.807, 2.05) is 11.0 Å². The first-order valence-electron chi connectivity index (χ1n) is 14.2. The highest BCUT2D eigenvalue weighted by atomic mass is 35.5. The summed E-state index contributed by atoms with van der Waals surface area (Å²) in [5, 5.41) is 8.04. The second-order valence-corrected chi connectivity index (χ2v) is 13.7. The molecule has 11 nitrogen and oxygen atoms in total. The maximum Gasteiger partial charge on any atom is 0.316 e. The molecule has 0 bridgehead atoms. The van der Waals surface area contributed by atoms with Gasteiger partial charge >= 0.3 is 11.5 Å². The summed E-state index contributed by atoms with van der Waals surface area (Å²) in [4.78, 5) is 26.5. The van der Waals surface area contributed by atoms with Crippen molar-refractivity contribution in [2.24, 2.45) is 5.41 Å². The minimum atomic E-state index is -3.60. The number of hydrogen-bond donors (Lipinski definition) is 1. The van der Waals surface area contributed by atoms with Crippen LogP contribution in [0.5, 0.6) is 5.75 Å². The topological polar surface area (TPSA) is 123 Å². The molecule has 0 spiro atoms. The van der Waals surface area contributed by atoms with Gasteiger partial charge < -0.3 is 19.7 Å². The van der Waals surface area contributed by atoms with E-state index >= 15 is 0 Å². The Bertz CT molecular complexity index is 1630. The molecule has 0 radical (unpaired) electrons. The first kappa shape index (κ1) is 30.8. The number of hydrogen-bond acceptors (Lipinski definition) is 9. The zero-order chi connectivity index (χ0) is 30.6. The van der Waals surface area contributed by atoms with Crippen molar-refractivity contribution in [3.05, 3.63) is 75.7 Å². The molecule has 2 aromatic carbocycles. The summed E-state index contributed by atoms with van der Waals surface area (Å²) in [6.45, 7) is 5.82. The molecule has 1 saturated carbocycles. The molecule has 1 aliphatic carbocycles. The van der Waals surface area contributed by atoms with Gasteiger partial charge in [-0.15, -0.1) is 0 Å². The number of benzene rings is 2. The number of sulfonamides is 1. The first-order chi connectivity index (χ1) is 20.5. The lowest BCUT2D eigenvalue weighted by Gasteiger charge is -2.35. The molecule has 2 fully saturated rings. The molecule has 230 valence electrons. The third-order valence-electron chi connectivity index (χ3n) is 7.62. The van der Waals surface area contributed by atoms with Crippen LogP contribution in [-0.2, 0) is 25.3 Å². The van der Waals surface area contributed by atoms with Gasteiger partial charge in [0.15, 0.2) is 0 Å². The van der Waals surface area contributed by atoms with Gasteiger partial charge in [-0.3, -0.25) is 9.59 Å². The van der Waals surface area contributed by atoms with Crippen molar-refractivity contribution in [3.8, 4) is 11.4 Å². The summed E-state index contributed by atoms with van der Waals surface area (Å²) >= 11 is 6.16. The monoisotopic (exact) mass is 629 g/mol. The Morgan fingerprint density at radius 2 is 1.84 bits per heavy atom. The average molecular weight is 630 g/mol. The first-order valence-corrected chi connectivity index (χ1v) is 16.2. The number of carbonyl (C=O) groups excluding carboxylic acids is 1. The molecule has 0 atom stereocenters. The molecular weight excluding hydrogens is 594 g/mol. The summed E-state index contributed by atoms with van der Waals surface area (Å²) < 4.78 is 40.5. The van der Waals surface area contributed by atoms with Gasteiger partial charge in [-0.25, -0.2) is 8.42 Å². The van der Waals surface area contributed by atoms with Gasteiger partial charge in [-0.05, 0) is 48.7 Å². The Morgan fingerprint density at radius 3 is 2.53 bits per heavy atom. The quantitative estimate of drug-likeness (QED) is 0.236. The maximum absolute atomic E-state index is 13.6. The normalized spacial score (nSPS) is 16.5. The van der Waals surface area contributed by atoms with Crippen LogP contribution in [0.3, 0.4) is 0 Å². The van der Waals surface area contributed by atoms with Crippen LogP contribution in [0, 0.1) is 5.41 Å². The fraction of sp³-hybridized carbons (Fsp3) is 0.433. The van der Waals surface area contributed by atoms with Gasteiger partial charge in [0.2, 0.25) is 15.8 Å². The number of nitrogens with one attached hydrogen (secondary N) is 1. The van der Waals surface area contributed by atoms with Crippen molar-refractivity contribution in [2.75, 3.05) is 56.2 Å². The minimum absolute atomic E-state index is 0.0514. The van der Waals surface area contributed by atoms with E-state index in [-0.39, 0.29) is 48.1 Å². The van der Waals surface area contributed by atoms with E-state index in [1.54, 1.807) is 48.7 Å². The summed E-state index contributed by atoms with van der Waals surface area (Å²) in [6.07, 6.45) is 3.69. The van der Waals surface area contributed by atoms with Crippen LogP contribution < -0.4 is 20.5 Å². The van der Waals surface area contributed by atoms with Crippen LogP contribution in [-0.4, -0.2) is 74.4 Å². The number of halogens is 1. The second kappa shape index (κ2) is 12.9. The van der Waals surface area contributed by atoms with E-state index in [9.17, 15) is 18.0 Å². The van der Waals surface area contributed by atoms with Crippen LogP contribution in [0.25, 0.3) is 5.69 Å². The Balaban J connectivity index is 1.27. The average Bonchev–Trinajstić information content (AvgIpc) is 3.71. The highest BCUT2D eigenvalue weighted by Gasteiger charge is 2.39. The van der Waals surface area contributed by atoms with Crippen LogP contribution in [0.2, 0.25) is 5.02 Å². The van der Waals surface area contributed by atoms with Gasteiger partial charge in [-0.2, -0.15) is 14.1 Å². The lowest BCUT2D eigenvalue weighted by atomic mass is 10.2. The Hall–Kier alpha value is -3.61. The smallest absolute Gasteiger partial charge is 0.316 e. The van der Waals surface area contributed by atoms with Gasteiger partial charge in [0.05, 0.1) is 24.2 Å².